The Hall–Kier alpha value is -1.55. The number of hydrogen-bond acceptors (Lipinski definition) is 2. The lowest BCUT2D eigenvalue weighted by Gasteiger charge is -2.20. The van der Waals surface area contributed by atoms with Crippen LogP contribution in [0.25, 0.3) is 0 Å². The molecule has 1 aliphatic heterocycles. The zero-order valence-corrected chi connectivity index (χ0v) is 16.7. The van der Waals surface area contributed by atoms with Gasteiger partial charge in [-0.1, -0.05) is 45.0 Å². The summed E-state index contributed by atoms with van der Waals surface area (Å²) in [6.07, 6.45) is 2.42. The minimum atomic E-state index is 0.245. The number of likely N-dealkylation sites (tertiary alicyclic amines) is 1. The molecule has 0 spiro atoms. The van der Waals surface area contributed by atoms with Gasteiger partial charge in [0.1, 0.15) is 0 Å². The summed E-state index contributed by atoms with van der Waals surface area (Å²) < 4.78 is 0. The zero-order valence-electron chi connectivity index (χ0n) is 16.7. The number of rotatable bonds is 7. The summed E-state index contributed by atoms with van der Waals surface area (Å²) in [5.74, 6) is 2.32. The highest BCUT2D eigenvalue weighted by Crippen LogP contribution is 2.16. The monoisotopic (exact) mass is 344 g/mol. The van der Waals surface area contributed by atoms with Crippen molar-refractivity contribution in [1.82, 2.24) is 15.5 Å². The molecule has 0 radical (unpaired) electrons. The first-order valence-electron chi connectivity index (χ1n) is 9.80. The third-order valence-electron chi connectivity index (χ3n) is 5.08. The van der Waals surface area contributed by atoms with Crippen LogP contribution < -0.4 is 10.6 Å². The Morgan fingerprint density at radius 2 is 1.96 bits per heavy atom. The van der Waals surface area contributed by atoms with E-state index in [9.17, 15) is 0 Å². The molecule has 1 heterocycles. The topological polar surface area (TPSA) is 39.7 Å². The molecule has 2 atom stereocenters. The van der Waals surface area contributed by atoms with Gasteiger partial charge in [0.25, 0.3) is 0 Å². The molecule has 1 aromatic carbocycles. The largest absolute Gasteiger partial charge is 0.356 e. The second-order valence-electron chi connectivity index (χ2n) is 7.71. The smallest absolute Gasteiger partial charge is 0.191 e. The Morgan fingerprint density at radius 3 is 2.52 bits per heavy atom. The van der Waals surface area contributed by atoms with Crippen LogP contribution in [-0.4, -0.2) is 44.1 Å². The molecule has 1 saturated heterocycles. The predicted octanol–water partition coefficient (Wildman–Crippen LogP) is 3.45. The number of hydrogen-bond donors (Lipinski definition) is 2. The molecule has 1 aromatic rings. The number of benzene rings is 1. The van der Waals surface area contributed by atoms with Gasteiger partial charge in [-0.2, -0.15) is 0 Å². The van der Waals surface area contributed by atoms with E-state index in [1.54, 1.807) is 0 Å². The van der Waals surface area contributed by atoms with E-state index < -0.39 is 0 Å². The summed E-state index contributed by atoms with van der Waals surface area (Å²) in [6, 6.07) is 9.22. The first kappa shape index (κ1) is 19.8. The Labute approximate surface area is 154 Å². The van der Waals surface area contributed by atoms with Gasteiger partial charge < -0.3 is 15.5 Å². The van der Waals surface area contributed by atoms with Gasteiger partial charge in [0.05, 0.1) is 6.04 Å². The highest BCUT2D eigenvalue weighted by Gasteiger charge is 2.21. The Kier molecular flexibility index (Phi) is 7.76. The van der Waals surface area contributed by atoms with Gasteiger partial charge in [0, 0.05) is 20.1 Å². The number of nitrogens with zero attached hydrogens (tertiary/aromatic N) is 2. The van der Waals surface area contributed by atoms with Crippen molar-refractivity contribution in [1.29, 1.82) is 0 Å². The standard InChI is InChI=1S/C21H36N4/c1-6-25-12-11-19(15-25)14-23-21(22-5)24-17(4)20-9-7-18(8-10-20)13-16(2)3/h7-10,16-17,19H,6,11-15H2,1-5H3,(H2,22,23,24). The summed E-state index contributed by atoms with van der Waals surface area (Å²) >= 11 is 0. The maximum absolute atomic E-state index is 4.39. The van der Waals surface area contributed by atoms with Crippen molar-refractivity contribution in [3.05, 3.63) is 35.4 Å². The number of nitrogens with one attached hydrogen (secondary N) is 2. The van der Waals surface area contributed by atoms with Crippen molar-refractivity contribution < 1.29 is 0 Å². The van der Waals surface area contributed by atoms with E-state index in [-0.39, 0.29) is 6.04 Å². The van der Waals surface area contributed by atoms with E-state index in [1.165, 1.54) is 30.6 Å². The summed E-state index contributed by atoms with van der Waals surface area (Å²) in [7, 11) is 1.85. The van der Waals surface area contributed by atoms with Crippen LogP contribution in [0.5, 0.6) is 0 Å². The second kappa shape index (κ2) is 9.81. The van der Waals surface area contributed by atoms with Gasteiger partial charge in [-0.25, -0.2) is 0 Å². The van der Waals surface area contributed by atoms with E-state index in [1.807, 2.05) is 7.05 Å². The molecule has 4 nitrogen and oxygen atoms in total. The molecule has 2 rings (SSSR count). The summed E-state index contributed by atoms with van der Waals surface area (Å²) in [5.41, 5.74) is 2.71. The van der Waals surface area contributed by atoms with Crippen LogP contribution >= 0.6 is 0 Å². The van der Waals surface area contributed by atoms with Crippen molar-refractivity contribution in [3.63, 3.8) is 0 Å². The molecule has 0 saturated carbocycles. The second-order valence-corrected chi connectivity index (χ2v) is 7.71. The molecule has 25 heavy (non-hydrogen) atoms. The van der Waals surface area contributed by atoms with Crippen LogP contribution in [-0.2, 0) is 6.42 Å². The molecular weight excluding hydrogens is 308 g/mol. The molecular formula is C21H36N4. The van der Waals surface area contributed by atoms with Crippen LogP contribution in [0.2, 0.25) is 0 Å². The molecule has 1 fully saturated rings. The highest BCUT2D eigenvalue weighted by atomic mass is 15.2. The van der Waals surface area contributed by atoms with Crippen molar-refractivity contribution in [3.8, 4) is 0 Å². The SMILES string of the molecule is CCN1CCC(CNC(=NC)NC(C)c2ccc(CC(C)C)cc2)C1. The lowest BCUT2D eigenvalue weighted by Crippen LogP contribution is -2.41. The van der Waals surface area contributed by atoms with Crippen LogP contribution in [0.1, 0.15) is 51.3 Å². The van der Waals surface area contributed by atoms with Crippen LogP contribution in [0, 0.1) is 11.8 Å². The number of aliphatic imine (C=N–C) groups is 1. The summed E-state index contributed by atoms with van der Waals surface area (Å²) in [6.45, 7) is 13.5. The van der Waals surface area contributed by atoms with Gasteiger partial charge in [0.2, 0.25) is 0 Å². The van der Waals surface area contributed by atoms with Crippen LogP contribution in [0.3, 0.4) is 0 Å². The van der Waals surface area contributed by atoms with Crippen molar-refractivity contribution in [2.75, 3.05) is 33.2 Å². The molecule has 0 aliphatic carbocycles. The van der Waals surface area contributed by atoms with Gasteiger partial charge in [0.15, 0.2) is 5.96 Å². The molecule has 2 N–H and O–H groups in total. The third-order valence-corrected chi connectivity index (χ3v) is 5.08. The highest BCUT2D eigenvalue weighted by molar-refractivity contribution is 5.80. The lowest BCUT2D eigenvalue weighted by molar-refractivity contribution is 0.341. The Bertz CT molecular complexity index is 535. The lowest BCUT2D eigenvalue weighted by atomic mass is 10.00. The normalized spacial score (nSPS) is 20.1. The van der Waals surface area contributed by atoms with Gasteiger partial charge >= 0.3 is 0 Å². The van der Waals surface area contributed by atoms with E-state index in [0.29, 0.717) is 5.92 Å². The number of guanidine groups is 1. The molecule has 1 aliphatic rings. The Balaban J connectivity index is 1.82. The molecule has 0 aromatic heterocycles. The summed E-state index contributed by atoms with van der Waals surface area (Å²) in [5, 5.41) is 7.02. The quantitative estimate of drug-likeness (QED) is 0.588. The maximum Gasteiger partial charge on any atom is 0.191 e. The minimum Gasteiger partial charge on any atom is -0.356 e. The van der Waals surface area contributed by atoms with E-state index in [4.69, 9.17) is 0 Å². The first-order chi connectivity index (χ1) is 12.0. The summed E-state index contributed by atoms with van der Waals surface area (Å²) in [4.78, 5) is 6.91. The van der Waals surface area contributed by atoms with Crippen molar-refractivity contribution >= 4 is 5.96 Å². The van der Waals surface area contributed by atoms with Crippen molar-refractivity contribution in [2.24, 2.45) is 16.8 Å². The van der Waals surface area contributed by atoms with Gasteiger partial charge in [-0.15, -0.1) is 0 Å². The fourth-order valence-corrected chi connectivity index (χ4v) is 3.50. The van der Waals surface area contributed by atoms with Crippen molar-refractivity contribution in [2.45, 2.75) is 46.6 Å². The van der Waals surface area contributed by atoms with Crippen LogP contribution in [0.15, 0.2) is 29.3 Å². The first-order valence-corrected chi connectivity index (χ1v) is 9.80. The average molecular weight is 345 g/mol. The fourth-order valence-electron chi connectivity index (χ4n) is 3.50. The maximum atomic E-state index is 4.39. The van der Waals surface area contributed by atoms with E-state index >= 15 is 0 Å². The zero-order chi connectivity index (χ0) is 18.2. The molecule has 2 unspecified atom stereocenters. The molecule has 0 bridgehead atoms. The van der Waals surface area contributed by atoms with Gasteiger partial charge in [-0.05, 0) is 55.8 Å². The Morgan fingerprint density at radius 1 is 1.24 bits per heavy atom. The molecule has 140 valence electrons. The minimum absolute atomic E-state index is 0.245. The third kappa shape index (κ3) is 6.35. The molecule has 0 amide bonds. The molecule has 4 heteroatoms. The van der Waals surface area contributed by atoms with E-state index in [2.05, 4.69) is 72.5 Å². The van der Waals surface area contributed by atoms with Crippen LogP contribution in [0.4, 0.5) is 0 Å². The average Bonchev–Trinajstić information content (AvgIpc) is 3.06. The van der Waals surface area contributed by atoms with E-state index in [0.717, 1.165) is 31.4 Å². The fraction of sp³-hybridized carbons (Fsp3) is 0.667. The van der Waals surface area contributed by atoms with Gasteiger partial charge in [-0.3, -0.25) is 4.99 Å². The predicted molar refractivity (Wildman–Crippen MR) is 108 cm³/mol.